The lowest BCUT2D eigenvalue weighted by atomic mass is 10.0. The molecule has 0 spiro atoms. The molecule has 0 saturated heterocycles. The Labute approximate surface area is 187 Å². The predicted octanol–water partition coefficient (Wildman–Crippen LogP) is 7.75. The average molecular weight is 408 g/mol. The van der Waals surface area contributed by atoms with Crippen LogP contribution in [0.1, 0.15) is 56.9 Å². The summed E-state index contributed by atoms with van der Waals surface area (Å²) in [4.78, 5) is 2.21. The summed E-state index contributed by atoms with van der Waals surface area (Å²) < 4.78 is 0. The summed E-state index contributed by atoms with van der Waals surface area (Å²) in [5, 5.41) is 0. The van der Waals surface area contributed by atoms with Crippen molar-refractivity contribution in [3.05, 3.63) is 96.1 Å². The number of rotatable bonds is 8. The monoisotopic (exact) mass is 407 g/mol. The van der Waals surface area contributed by atoms with E-state index in [0.717, 1.165) is 37.6 Å². The van der Waals surface area contributed by atoms with E-state index < -0.39 is 0 Å². The van der Waals surface area contributed by atoms with Crippen molar-refractivity contribution in [2.75, 3.05) is 14.1 Å². The van der Waals surface area contributed by atoms with Crippen molar-refractivity contribution < 1.29 is 0 Å². The maximum Gasteiger partial charge on any atom is 0.0227 e. The Bertz CT molecular complexity index is 681. The van der Waals surface area contributed by atoms with Gasteiger partial charge in [-0.25, -0.2) is 0 Å². The van der Waals surface area contributed by atoms with Crippen molar-refractivity contribution in [3.8, 4) is 0 Å². The first-order valence-electron chi connectivity index (χ1n) is 11.3. The van der Waals surface area contributed by atoms with Gasteiger partial charge in [-0.2, -0.15) is 0 Å². The molecule has 1 nitrogen and oxygen atoms in total. The number of hydrogen-bond acceptors (Lipinski definition) is 1. The lowest BCUT2D eigenvalue weighted by Gasteiger charge is -2.11. The molecule has 2 aromatic carbocycles. The Balaban J connectivity index is 0.000000703. The molecule has 0 aliphatic rings. The van der Waals surface area contributed by atoms with Crippen molar-refractivity contribution in [1.82, 2.24) is 4.90 Å². The van der Waals surface area contributed by atoms with Gasteiger partial charge >= 0.3 is 0 Å². The molecule has 0 amide bonds. The van der Waals surface area contributed by atoms with E-state index >= 15 is 0 Å². The van der Waals surface area contributed by atoms with Gasteiger partial charge in [0.15, 0.2) is 0 Å². The van der Waals surface area contributed by atoms with Crippen LogP contribution in [0.4, 0.5) is 0 Å². The fraction of sp³-hybridized carbons (Fsp3) is 0.448. The van der Waals surface area contributed by atoms with Gasteiger partial charge < -0.3 is 4.90 Å². The molecule has 0 saturated carbocycles. The van der Waals surface area contributed by atoms with Crippen molar-refractivity contribution >= 4 is 0 Å². The molecule has 0 bridgehead atoms. The molecule has 2 rings (SSSR count). The fourth-order valence-corrected chi connectivity index (χ4v) is 2.48. The number of benzene rings is 2. The molecular formula is C29H45N. The number of nitrogens with zero attached hydrogens (tertiary/aromatic N) is 1. The van der Waals surface area contributed by atoms with Crippen LogP contribution in [0.15, 0.2) is 73.8 Å². The minimum Gasteiger partial charge on any atom is -0.305 e. The first-order valence-corrected chi connectivity index (χ1v) is 11.3. The van der Waals surface area contributed by atoms with E-state index in [9.17, 15) is 0 Å². The van der Waals surface area contributed by atoms with Gasteiger partial charge in [-0.15, -0.1) is 0 Å². The Hall–Kier alpha value is -2.12. The molecule has 0 aliphatic heterocycles. The second kappa shape index (κ2) is 16.7. The third-order valence-corrected chi connectivity index (χ3v) is 5.12. The van der Waals surface area contributed by atoms with Gasteiger partial charge in [-0.1, -0.05) is 108 Å². The van der Waals surface area contributed by atoms with Crippen LogP contribution in [-0.4, -0.2) is 19.0 Å². The zero-order valence-corrected chi connectivity index (χ0v) is 20.6. The van der Waals surface area contributed by atoms with Crippen molar-refractivity contribution in [2.45, 2.75) is 60.4 Å². The second-order valence-corrected chi connectivity index (χ2v) is 8.69. The molecule has 1 heteroatoms. The zero-order chi connectivity index (χ0) is 22.9. The van der Waals surface area contributed by atoms with Crippen molar-refractivity contribution in [2.24, 2.45) is 11.8 Å². The fourth-order valence-electron chi connectivity index (χ4n) is 2.48. The largest absolute Gasteiger partial charge is 0.305 e. The molecule has 0 fully saturated rings. The lowest BCUT2D eigenvalue weighted by Crippen LogP contribution is -2.10. The van der Waals surface area contributed by atoms with E-state index in [0.29, 0.717) is 0 Å². The summed E-state index contributed by atoms with van der Waals surface area (Å²) in [5.74, 6) is 1.70. The number of allylic oxidation sites excluding steroid dienone is 2. The normalized spacial score (nSPS) is 10.2. The molecule has 0 aromatic heterocycles. The molecule has 0 radical (unpaired) electrons. The predicted molar refractivity (Wildman–Crippen MR) is 137 cm³/mol. The molecular weight excluding hydrogens is 362 g/mol. The maximum atomic E-state index is 3.36. The summed E-state index contributed by atoms with van der Waals surface area (Å²) in [6.45, 7) is 18.9. The third kappa shape index (κ3) is 14.0. The molecule has 2 aromatic rings. The average Bonchev–Trinajstić information content (AvgIpc) is 2.73. The summed E-state index contributed by atoms with van der Waals surface area (Å²) >= 11 is 0. The van der Waals surface area contributed by atoms with Crippen LogP contribution in [0, 0.1) is 11.8 Å². The maximum absolute atomic E-state index is 3.36. The van der Waals surface area contributed by atoms with E-state index in [1.807, 2.05) is 0 Å². The molecule has 0 heterocycles. The minimum absolute atomic E-state index is 0.852. The Morgan fingerprint density at radius 2 is 1.20 bits per heavy atom. The van der Waals surface area contributed by atoms with E-state index in [2.05, 4.69) is 115 Å². The van der Waals surface area contributed by atoms with Gasteiger partial charge in [-0.3, -0.25) is 0 Å². The van der Waals surface area contributed by atoms with Crippen LogP contribution < -0.4 is 0 Å². The van der Waals surface area contributed by atoms with E-state index in [1.165, 1.54) is 22.3 Å². The van der Waals surface area contributed by atoms with Gasteiger partial charge in [0.1, 0.15) is 0 Å². The highest BCUT2D eigenvalue weighted by molar-refractivity contribution is 5.26. The summed E-state index contributed by atoms with van der Waals surface area (Å²) in [6, 6.07) is 18.0. The standard InChI is InChI=1S/C19H25N.C6H14.C4H6/c1-4-16-8-10-17(11-9-16)12-13-18-6-5-7-19(14-18)15-20(2)3;1-5(2)6(3)4;1-3-4-2/h5-11,14H,4,12-13,15H2,1-3H3;5-6H,1-4H3;3-4H,1-2H2. The lowest BCUT2D eigenvalue weighted by molar-refractivity contribution is 0.402. The quantitative estimate of drug-likeness (QED) is 0.404. The molecule has 0 N–H and O–H groups in total. The highest BCUT2D eigenvalue weighted by Crippen LogP contribution is 2.12. The molecule has 0 aliphatic carbocycles. The molecule has 0 unspecified atom stereocenters. The highest BCUT2D eigenvalue weighted by atomic mass is 15.0. The number of hydrogen-bond donors (Lipinski definition) is 0. The summed E-state index contributed by atoms with van der Waals surface area (Å²) in [7, 11) is 4.23. The van der Waals surface area contributed by atoms with Crippen LogP contribution in [0.2, 0.25) is 0 Å². The topological polar surface area (TPSA) is 3.24 Å². The van der Waals surface area contributed by atoms with Crippen LogP contribution >= 0.6 is 0 Å². The first kappa shape index (κ1) is 27.9. The van der Waals surface area contributed by atoms with Crippen LogP contribution in [0.5, 0.6) is 0 Å². The van der Waals surface area contributed by atoms with Gasteiger partial charge in [-0.05, 0) is 67.4 Å². The van der Waals surface area contributed by atoms with Crippen LogP contribution in [-0.2, 0) is 25.8 Å². The molecule has 0 atom stereocenters. The molecule has 30 heavy (non-hydrogen) atoms. The Kier molecular flexibility index (Phi) is 15.5. The van der Waals surface area contributed by atoms with E-state index in [1.54, 1.807) is 12.2 Å². The van der Waals surface area contributed by atoms with E-state index in [4.69, 9.17) is 0 Å². The smallest absolute Gasteiger partial charge is 0.0227 e. The van der Waals surface area contributed by atoms with Gasteiger partial charge in [0, 0.05) is 6.54 Å². The number of aryl methyl sites for hydroxylation is 3. The highest BCUT2D eigenvalue weighted by Gasteiger charge is 2.00. The zero-order valence-electron chi connectivity index (χ0n) is 20.6. The molecule has 166 valence electrons. The van der Waals surface area contributed by atoms with Crippen LogP contribution in [0.3, 0.4) is 0 Å². The summed E-state index contributed by atoms with van der Waals surface area (Å²) in [6.07, 6.45) is 6.63. The third-order valence-electron chi connectivity index (χ3n) is 5.12. The van der Waals surface area contributed by atoms with Gasteiger partial charge in [0.2, 0.25) is 0 Å². The van der Waals surface area contributed by atoms with Crippen LogP contribution in [0.25, 0.3) is 0 Å². The Morgan fingerprint density at radius 1 is 0.733 bits per heavy atom. The van der Waals surface area contributed by atoms with Crippen molar-refractivity contribution in [1.29, 1.82) is 0 Å². The minimum atomic E-state index is 0.852. The van der Waals surface area contributed by atoms with E-state index in [-0.39, 0.29) is 0 Å². The SMILES string of the molecule is C=CC=C.CC(C)C(C)C.CCc1ccc(CCc2cccc(CN(C)C)c2)cc1. The summed E-state index contributed by atoms with van der Waals surface area (Å²) in [5.41, 5.74) is 5.68. The van der Waals surface area contributed by atoms with Gasteiger partial charge in [0.05, 0.1) is 0 Å². The Morgan fingerprint density at radius 3 is 1.63 bits per heavy atom. The second-order valence-electron chi connectivity index (χ2n) is 8.69. The van der Waals surface area contributed by atoms with Crippen molar-refractivity contribution in [3.63, 3.8) is 0 Å². The van der Waals surface area contributed by atoms with Gasteiger partial charge in [0.25, 0.3) is 0 Å². The first-order chi connectivity index (χ1) is 14.2.